The highest BCUT2D eigenvalue weighted by atomic mass is 16.3. The maximum Gasteiger partial charge on any atom is 0.194 e. The van der Waals surface area contributed by atoms with Crippen LogP contribution in [0.4, 0.5) is 0 Å². The van der Waals surface area contributed by atoms with E-state index in [0.29, 0.717) is 0 Å². The molecule has 0 radical (unpaired) electrons. The Hall–Kier alpha value is -1.38. The van der Waals surface area contributed by atoms with Gasteiger partial charge in [0, 0.05) is 12.1 Å². The maximum absolute atomic E-state index is 10.2. The molecule has 1 aromatic rings. The fourth-order valence-electron chi connectivity index (χ4n) is 4.17. The molecule has 0 saturated carbocycles. The lowest BCUT2D eigenvalue weighted by Crippen LogP contribution is -2.10. The monoisotopic (exact) mass is 405 g/mol. The number of nitrogens with zero attached hydrogens (tertiary/aromatic N) is 1. The van der Waals surface area contributed by atoms with Crippen LogP contribution in [0.2, 0.25) is 0 Å². The third-order valence-electron chi connectivity index (χ3n) is 6.07. The summed E-state index contributed by atoms with van der Waals surface area (Å²) in [5, 5.41) is 20.4. The topological polar surface area (TPSA) is 45.4 Å². The van der Waals surface area contributed by atoms with E-state index in [4.69, 9.17) is 0 Å². The third-order valence-corrected chi connectivity index (χ3v) is 6.07. The molecule has 3 nitrogen and oxygen atoms in total. The van der Waals surface area contributed by atoms with Crippen LogP contribution < -0.4 is 0 Å². The van der Waals surface area contributed by atoms with Crippen molar-refractivity contribution in [2.75, 3.05) is 0 Å². The summed E-state index contributed by atoms with van der Waals surface area (Å²) in [6.45, 7) is 6.64. The van der Waals surface area contributed by atoms with Crippen LogP contribution in [0, 0.1) is 0 Å². The van der Waals surface area contributed by atoms with E-state index in [1.54, 1.807) is 16.7 Å². The van der Waals surface area contributed by atoms with Crippen molar-refractivity contribution in [1.29, 1.82) is 0 Å². The van der Waals surface area contributed by atoms with Crippen molar-refractivity contribution >= 4 is 0 Å². The van der Waals surface area contributed by atoms with Crippen molar-refractivity contribution in [1.82, 2.24) is 4.57 Å². The Kier molecular flexibility index (Phi) is 14.5. The Morgan fingerprint density at radius 1 is 0.759 bits per heavy atom. The van der Waals surface area contributed by atoms with E-state index >= 15 is 0 Å². The summed E-state index contributed by atoms with van der Waals surface area (Å²) in [7, 11) is 0. The molecule has 0 amide bonds. The zero-order chi connectivity index (χ0) is 21.3. The highest BCUT2D eigenvalue weighted by Gasteiger charge is 2.18. The summed E-state index contributed by atoms with van der Waals surface area (Å²) in [6.07, 6.45) is 22.7. The summed E-state index contributed by atoms with van der Waals surface area (Å²) >= 11 is 0. The summed E-state index contributed by atoms with van der Waals surface area (Å²) in [4.78, 5) is 0. The quantitative estimate of drug-likeness (QED) is 0.189. The first kappa shape index (κ1) is 25.7. The van der Waals surface area contributed by atoms with E-state index in [2.05, 4.69) is 26.8 Å². The smallest absolute Gasteiger partial charge is 0.194 e. The molecule has 0 fully saturated rings. The molecule has 0 aliphatic rings. The minimum atomic E-state index is 0.0604. The van der Waals surface area contributed by atoms with Gasteiger partial charge in [-0.3, -0.25) is 4.57 Å². The zero-order valence-corrected chi connectivity index (χ0v) is 19.5. The summed E-state index contributed by atoms with van der Waals surface area (Å²) in [6, 6.07) is 3.24. The van der Waals surface area contributed by atoms with Gasteiger partial charge in [-0.2, -0.15) is 0 Å². The molecule has 1 rings (SSSR count). The number of allylic oxidation sites excluding steroid dienone is 2. The molecule has 1 atom stereocenters. The minimum absolute atomic E-state index is 0.0604. The number of aromatic hydroxyl groups is 2. The van der Waals surface area contributed by atoms with Crippen LogP contribution >= 0.6 is 0 Å². The van der Waals surface area contributed by atoms with E-state index in [9.17, 15) is 10.2 Å². The van der Waals surface area contributed by atoms with Crippen molar-refractivity contribution in [3.63, 3.8) is 0 Å². The van der Waals surface area contributed by atoms with Crippen LogP contribution in [0.1, 0.15) is 130 Å². The number of aromatic nitrogens is 1. The molecule has 1 aromatic heterocycles. The van der Waals surface area contributed by atoms with Crippen LogP contribution in [0.5, 0.6) is 11.8 Å². The molecule has 2 N–H and O–H groups in total. The van der Waals surface area contributed by atoms with E-state index in [-0.39, 0.29) is 17.8 Å². The standard InChI is InChI=1S/C26H47NO2/c1-4-6-8-10-11-12-13-14-15-16-18-20-24(23(3)19-17-9-7-5-2)27-25(28)21-22-26(27)29/h19,21-22,24,28-29H,4-18,20H2,1-3H3. The van der Waals surface area contributed by atoms with Gasteiger partial charge in [0.15, 0.2) is 11.8 Å². The van der Waals surface area contributed by atoms with Gasteiger partial charge in [0.25, 0.3) is 0 Å². The molecule has 1 heterocycles. The first-order chi connectivity index (χ1) is 14.1. The first-order valence-electron chi connectivity index (χ1n) is 12.4. The molecular weight excluding hydrogens is 358 g/mol. The molecule has 0 aliphatic carbocycles. The van der Waals surface area contributed by atoms with Crippen molar-refractivity contribution in [2.24, 2.45) is 0 Å². The minimum Gasteiger partial charge on any atom is -0.494 e. The van der Waals surface area contributed by atoms with E-state index in [0.717, 1.165) is 19.3 Å². The van der Waals surface area contributed by atoms with E-state index < -0.39 is 0 Å². The first-order valence-corrected chi connectivity index (χ1v) is 12.4. The van der Waals surface area contributed by atoms with Gasteiger partial charge in [-0.15, -0.1) is 0 Å². The second-order valence-corrected chi connectivity index (χ2v) is 8.70. The van der Waals surface area contributed by atoms with Gasteiger partial charge in [-0.1, -0.05) is 109 Å². The molecule has 168 valence electrons. The van der Waals surface area contributed by atoms with Crippen LogP contribution in [0.25, 0.3) is 0 Å². The maximum atomic E-state index is 10.2. The van der Waals surface area contributed by atoms with Gasteiger partial charge in [0.05, 0.1) is 6.04 Å². The van der Waals surface area contributed by atoms with Gasteiger partial charge >= 0.3 is 0 Å². The average molecular weight is 406 g/mol. The fraction of sp³-hybridized carbons (Fsp3) is 0.769. The normalized spacial score (nSPS) is 13.1. The molecule has 0 aliphatic heterocycles. The van der Waals surface area contributed by atoms with Gasteiger partial charge in [-0.25, -0.2) is 0 Å². The fourth-order valence-corrected chi connectivity index (χ4v) is 4.17. The summed E-state index contributed by atoms with van der Waals surface area (Å²) in [5.74, 6) is 0.328. The number of rotatable bonds is 18. The van der Waals surface area contributed by atoms with Crippen molar-refractivity contribution in [3.05, 3.63) is 23.8 Å². The highest BCUT2D eigenvalue weighted by Crippen LogP contribution is 2.34. The lowest BCUT2D eigenvalue weighted by atomic mass is 9.98. The van der Waals surface area contributed by atoms with E-state index in [1.807, 2.05) is 0 Å². The molecule has 0 saturated heterocycles. The highest BCUT2D eigenvalue weighted by molar-refractivity contribution is 5.28. The van der Waals surface area contributed by atoms with Crippen LogP contribution in [0.15, 0.2) is 23.8 Å². The molecular formula is C26H47NO2. The van der Waals surface area contributed by atoms with E-state index in [1.165, 1.54) is 89.0 Å². The Morgan fingerprint density at radius 2 is 1.21 bits per heavy atom. The predicted octanol–water partition coefficient (Wildman–Crippen LogP) is 8.67. The van der Waals surface area contributed by atoms with Crippen LogP contribution in [0.3, 0.4) is 0 Å². The van der Waals surface area contributed by atoms with Crippen molar-refractivity contribution < 1.29 is 10.2 Å². The number of hydrogen-bond acceptors (Lipinski definition) is 2. The van der Waals surface area contributed by atoms with Gasteiger partial charge in [0.1, 0.15) is 0 Å². The number of hydrogen-bond donors (Lipinski definition) is 2. The second kappa shape index (κ2) is 16.4. The Labute approximate surface area is 180 Å². The lowest BCUT2D eigenvalue weighted by molar-refractivity contribution is 0.336. The molecule has 0 aromatic carbocycles. The lowest BCUT2D eigenvalue weighted by Gasteiger charge is -2.22. The largest absolute Gasteiger partial charge is 0.494 e. The third kappa shape index (κ3) is 10.8. The van der Waals surface area contributed by atoms with Crippen LogP contribution in [-0.2, 0) is 0 Å². The summed E-state index contributed by atoms with van der Waals surface area (Å²) < 4.78 is 1.70. The molecule has 29 heavy (non-hydrogen) atoms. The SMILES string of the molecule is CCCCCC=C(C)C(CCCCCCCCCCCCC)n1c(O)ccc1O. The summed E-state index contributed by atoms with van der Waals surface area (Å²) in [5.41, 5.74) is 1.26. The Balaban J connectivity index is 2.37. The molecule has 3 heteroatoms. The van der Waals surface area contributed by atoms with Gasteiger partial charge in [0.2, 0.25) is 0 Å². The van der Waals surface area contributed by atoms with Gasteiger partial charge in [-0.05, 0) is 26.2 Å². The van der Waals surface area contributed by atoms with Crippen molar-refractivity contribution in [3.8, 4) is 11.8 Å². The Bertz CT molecular complexity index is 527. The predicted molar refractivity (Wildman–Crippen MR) is 126 cm³/mol. The van der Waals surface area contributed by atoms with Gasteiger partial charge < -0.3 is 10.2 Å². The van der Waals surface area contributed by atoms with Crippen LogP contribution in [-0.4, -0.2) is 14.8 Å². The second-order valence-electron chi connectivity index (χ2n) is 8.70. The average Bonchev–Trinajstić information content (AvgIpc) is 3.04. The molecule has 1 unspecified atom stereocenters. The number of unbranched alkanes of at least 4 members (excludes halogenated alkanes) is 13. The Morgan fingerprint density at radius 3 is 1.72 bits per heavy atom. The molecule has 0 spiro atoms. The van der Waals surface area contributed by atoms with Crippen molar-refractivity contribution in [2.45, 2.75) is 130 Å². The molecule has 0 bridgehead atoms. The zero-order valence-electron chi connectivity index (χ0n) is 19.5.